The molecule has 0 fully saturated rings. The third-order valence-corrected chi connectivity index (χ3v) is 5.93. The molecule has 0 saturated carbocycles. The summed E-state index contributed by atoms with van der Waals surface area (Å²) in [7, 11) is -3.89. The molecule has 0 heterocycles. The second-order valence-corrected chi connectivity index (χ2v) is 8.54. The number of urea groups is 1. The van der Waals surface area contributed by atoms with Crippen molar-refractivity contribution in [3.8, 4) is 0 Å². The van der Waals surface area contributed by atoms with Gasteiger partial charge in [0.2, 0.25) is 0 Å². The van der Waals surface area contributed by atoms with Gasteiger partial charge in [0, 0.05) is 11.4 Å². The van der Waals surface area contributed by atoms with Crippen molar-refractivity contribution in [1.29, 1.82) is 0 Å². The number of carbonyl (C=O) groups is 2. The fourth-order valence-corrected chi connectivity index (χ4v) is 3.97. The Bertz CT molecular complexity index is 1190. The van der Waals surface area contributed by atoms with Gasteiger partial charge >= 0.3 is 57.4 Å². The first-order chi connectivity index (χ1) is 14.7. The Morgan fingerprint density at radius 2 is 1.41 bits per heavy atom. The van der Waals surface area contributed by atoms with Crippen LogP contribution >= 0.6 is 0 Å². The van der Waals surface area contributed by atoms with Crippen molar-refractivity contribution in [2.75, 3.05) is 10.0 Å². The van der Waals surface area contributed by atoms with Crippen LogP contribution in [0.25, 0.3) is 0 Å². The SMILES string of the molecule is CC(NC(=O)Nc1cccc(S(=O)(=O)Nc2ccccc2)c1)(C(=O)[O-])c1ccccc1.[K+]. The molecule has 3 rings (SSSR count). The molecule has 0 spiro atoms. The number of amides is 2. The maximum atomic E-state index is 12.6. The number of carboxylic acids is 1. The van der Waals surface area contributed by atoms with Crippen LogP contribution < -0.4 is 71.8 Å². The molecule has 1 atom stereocenters. The van der Waals surface area contributed by atoms with Crippen LogP contribution in [0.5, 0.6) is 0 Å². The van der Waals surface area contributed by atoms with Gasteiger partial charge < -0.3 is 20.5 Å². The zero-order valence-corrected chi connectivity index (χ0v) is 21.5. The molecule has 8 nitrogen and oxygen atoms in total. The van der Waals surface area contributed by atoms with Crippen molar-refractivity contribution in [3.05, 3.63) is 90.5 Å². The molecule has 10 heteroatoms. The average molecular weight is 478 g/mol. The topological polar surface area (TPSA) is 127 Å². The maximum absolute atomic E-state index is 12.6. The van der Waals surface area contributed by atoms with Gasteiger partial charge in [-0.25, -0.2) is 13.2 Å². The van der Waals surface area contributed by atoms with E-state index in [4.69, 9.17) is 0 Å². The summed E-state index contributed by atoms with van der Waals surface area (Å²) in [5.41, 5.74) is -0.897. The molecule has 3 aromatic rings. The summed E-state index contributed by atoms with van der Waals surface area (Å²) in [5.74, 6) is -1.49. The van der Waals surface area contributed by atoms with E-state index in [0.717, 1.165) is 0 Å². The van der Waals surface area contributed by atoms with Gasteiger partial charge in [-0.3, -0.25) is 4.72 Å². The number of anilines is 2. The van der Waals surface area contributed by atoms with Crippen molar-refractivity contribution in [2.45, 2.75) is 17.4 Å². The van der Waals surface area contributed by atoms with E-state index in [1.54, 1.807) is 60.7 Å². The minimum absolute atomic E-state index is 0. The molecule has 0 aliphatic carbocycles. The third-order valence-electron chi connectivity index (χ3n) is 4.55. The number of aliphatic carboxylic acids is 1. The first kappa shape index (κ1) is 26.0. The van der Waals surface area contributed by atoms with Crippen LogP contribution in [0, 0.1) is 0 Å². The molecule has 0 radical (unpaired) electrons. The van der Waals surface area contributed by atoms with E-state index in [2.05, 4.69) is 15.4 Å². The molecular formula is C22H20KN3O5S. The van der Waals surface area contributed by atoms with E-state index < -0.39 is 27.6 Å². The smallest absolute Gasteiger partial charge is 0.547 e. The first-order valence-electron chi connectivity index (χ1n) is 9.25. The van der Waals surface area contributed by atoms with Gasteiger partial charge in [0.25, 0.3) is 10.0 Å². The fourth-order valence-electron chi connectivity index (χ4n) is 2.86. The zero-order valence-electron chi connectivity index (χ0n) is 17.5. The van der Waals surface area contributed by atoms with Crippen LogP contribution in [0.1, 0.15) is 12.5 Å². The molecule has 0 aromatic heterocycles. The zero-order chi connectivity index (χ0) is 22.5. The molecule has 160 valence electrons. The minimum Gasteiger partial charge on any atom is -0.547 e. The molecule has 0 saturated heterocycles. The van der Waals surface area contributed by atoms with Crippen molar-refractivity contribution >= 4 is 33.4 Å². The van der Waals surface area contributed by atoms with E-state index in [-0.39, 0.29) is 62.0 Å². The predicted molar refractivity (Wildman–Crippen MR) is 115 cm³/mol. The minimum atomic E-state index is -3.89. The van der Waals surface area contributed by atoms with Crippen molar-refractivity contribution in [3.63, 3.8) is 0 Å². The first-order valence-corrected chi connectivity index (χ1v) is 10.7. The monoisotopic (exact) mass is 477 g/mol. The number of hydrogen-bond donors (Lipinski definition) is 3. The Kier molecular flexibility index (Phi) is 9.02. The molecule has 0 bridgehead atoms. The summed E-state index contributed by atoms with van der Waals surface area (Å²) < 4.78 is 27.7. The average Bonchev–Trinajstić information content (AvgIpc) is 2.74. The van der Waals surface area contributed by atoms with Gasteiger partial charge in [0.15, 0.2) is 0 Å². The molecule has 3 aromatic carbocycles. The normalized spacial score (nSPS) is 12.5. The van der Waals surface area contributed by atoms with Crippen LogP contribution in [0.3, 0.4) is 0 Å². The fraction of sp³-hybridized carbons (Fsp3) is 0.0909. The van der Waals surface area contributed by atoms with Gasteiger partial charge in [-0.05, 0) is 42.8 Å². The van der Waals surface area contributed by atoms with Gasteiger partial charge in [0.1, 0.15) is 5.54 Å². The molecular weight excluding hydrogens is 457 g/mol. The summed E-state index contributed by atoms with van der Waals surface area (Å²) in [6.45, 7) is 1.31. The number of benzene rings is 3. The Balaban J connectivity index is 0.00000363. The van der Waals surface area contributed by atoms with E-state index >= 15 is 0 Å². The van der Waals surface area contributed by atoms with Crippen LogP contribution in [0.4, 0.5) is 16.2 Å². The Hall–Kier alpha value is -2.21. The van der Waals surface area contributed by atoms with Crippen LogP contribution in [-0.4, -0.2) is 20.4 Å². The quantitative estimate of drug-likeness (QED) is 0.387. The Morgan fingerprint density at radius 1 is 0.844 bits per heavy atom. The largest absolute Gasteiger partial charge is 1.00 e. The summed E-state index contributed by atoms with van der Waals surface area (Å²) in [6, 6.07) is 21.2. The summed E-state index contributed by atoms with van der Waals surface area (Å²) in [6.07, 6.45) is 0. The Labute approximate surface area is 228 Å². The van der Waals surface area contributed by atoms with E-state index in [0.29, 0.717) is 11.3 Å². The van der Waals surface area contributed by atoms with Crippen molar-refractivity contribution in [1.82, 2.24) is 5.32 Å². The molecule has 2 amide bonds. The van der Waals surface area contributed by atoms with E-state index in [9.17, 15) is 23.1 Å². The van der Waals surface area contributed by atoms with Crippen LogP contribution in [0.2, 0.25) is 0 Å². The number of sulfonamides is 1. The number of carboxylic acid groups (broad SMARTS) is 1. The Morgan fingerprint density at radius 3 is 2.00 bits per heavy atom. The second-order valence-electron chi connectivity index (χ2n) is 6.86. The molecule has 32 heavy (non-hydrogen) atoms. The van der Waals surface area contributed by atoms with Crippen LogP contribution in [0.15, 0.2) is 89.8 Å². The van der Waals surface area contributed by atoms with Gasteiger partial charge in [0.05, 0.1) is 10.9 Å². The number of para-hydroxylation sites is 1. The van der Waals surface area contributed by atoms with E-state index in [1.165, 1.54) is 31.2 Å². The number of carbonyl (C=O) groups excluding carboxylic acids is 2. The van der Waals surface area contributed by atoms with Crippen molar-refractivity contribution in [2.24, 2.45) is 0 Å². The molecule has 1 unspecified atom stereocenters. The van der Waals surface area contributed by atoms with Crippen molar-refractivity contribution < 1.29 is 74.5 Å². The van der Waals surface area contributed by atoms with Gasteiger partial charge in [-0.1, -0.05) is 54.6 Å². The number of nitrogens with one attached hydrogen (secondary N) is 3. The number of hydrogen-bond acceptors (Lipinski definition) is 5. The van der Waals surface area contributed by atoms with E-state index in [1.807, 2.05) is 0 Å². The second kappa shape index (κ2) is 11.1. The predicted octanol–water partition coefficient (Wildman–Crippen LogP) is -0.722. The summed E-state index contributed by atoms with van der Waals surface area (Å²) >= 11 is 0. The van der Waals surface area contributed by atoms with Gasteiger partial charge in [-0.2, -0.15) is 0 Å². The third kappa shape index (κ3) is 6.41. The van der Waals surface area contributed by atoms with Crippen LogP contribution in [-0.2, 0) is 20.4 Å². The summed E-state index contributed by atoms with van der Waals surface area (Å²) in [5, 5.41) is 16.6. The molecule has 0 aliphatic rings. The molecule has 0 aliphatic heterocycles. The summed E-state index contributed by atoms with van der Waals surface area (Å²) in [4.78, 5) is 24.1. The van der Waals surface area contributed by atoms with Gasteiger partial charge in [-0.15, -0.1) is 0 Å². The maximum Gasteiger partial charge on any atom is 1.00 e. The molecule has 3 N–H and O–H groups in total. The number of rotatable bonds is 7. The standard InChI is InChI=1S/C22H21N3O5S.K/c1-22(20(26)27,16-9-4-2-5-10-16)24-21(28)23-18-13-8-14-19(15-18)31(29,30)25-17-11-6-3-7-12-17;/h2-15,25H,1H3,(H,26,27)(H2,23,24,28);/q;+1/p-1.